The molecule has 0 aromatic carbocycles. The van der Waals surface area contributed by atoms with Crippen molar-refractivity contribution in [3.8, 4) is 0 Å². The quantitative estimate of drug-likeness (QED) is 0.785. The number of amides is 1. The summed E-state index contributed by atoms with van der Waals surface area (Å²) in [7, 11) is 0. The van der Waals surface area contributed by atoms with Gasteiger partial charge >= 0.3 is 6.09 Å². The summed E-state index contributed by atoms with van der Waals surface area (Å²) >= 11 is 0. The van der Waals surface area contributed by atoms with Crippen molar-refractivity contribution >= 4 is 6.09 Å². The van der Waals surface area contributed by atoms with Gasteiger partial charge in [0.15, 0.2) is 0 Å². The Balaban J connectivity index is 2.56. The van der Waals surface area contributed by atoms with Crippen molar-refractivity contribution in [3.63, 3.8) is 0 Å². The lowest BCUT2D eigenvalue weighted by Gasteiger charge is -2.25. The van der Waals surface area contributed by atoms with E-state index in [9.17, 15) is 9.90 Å². The predicted molar refractivity (Wildman–Crippen MR) is 71.4 cm³/mol. The Bertz CT molecular complexity index is 301. The second-order valence-electron chi connectivity index (χ2n) is 7.48. The normalized spacial score (nSPS) is 25.4. The highest BCUT2D eigenvalue weighted by Gasteiger charge is 2.37. The molecule has 106 valence electrons. The predicted octanol–water partition coefficient (Wildman–Crippen LogP) is 2.65. The molecule has 0 bridgehead atoms. The van der Waals surface area contributed by atoms with Gasteiger partial charge in [-0.3, -0.25) is 0 Å². The minimum absolute atomic E-state index is 0.150. The van der Waals surface area contributed by atoms with Gasteiger partial charge in [-0.05, 0) is 32.6 Å². The molecule has 2 atom stereocenters. The highest BCUT2D eigenvalue weighted by Crippen LogP contribution is 2.31. The van der Waals surface area contributed by atoms with Crippen LogP contribution in [0.4, 0.5) is 4.79 Å². The molecule has 0 radical (unpaired) electrons. The minimum Gasteiger partial charge on any atom is -0.444 e. The first kappa shape index (κ1) is 15.3. The molecular formula is C14H27NO3. The zero-order chi connectivity index (χ0) is 14.1. The van der Waals surface area contributed by atoms with Crippen molar-refractivity contribution in [3.05, 3.63) is 0 Å². The molecule has 0 aliphatic carbocycles. The van der Waals surface area contributed by atoms with Crippen LogP contribution in [-0.2, 0) is 4.74 Å². The molecule has 1 aliphatic heterocycles. The van der Waals surface area contributed by atoms with Gasteiger partial charge in [0, 0.05) is 12.5 Å². The van der Waals surface area contributed by atoms with Crippen molar-refractivity contribution in [2.24, 2.45) is 11.3 Å². The van der Waals surface area contributed by atoms with Gasteiger partial charge in [0.1, 0.15) is 5.60 Å². The van der Waals surface area contributed by atoms with Crippen LogP contribution in [0.15, 0.2) is 0 Å². The average molecular weight is 257 g/mol. The van der Waals surface area contributed by atoms with Crippen LogP contribution < -0.4 is 0 Å². The Morgan fingerprint density at radius 3 is 2.22 bits per heavy atom. The lowest BCUT2D eigenvalue weighted by Crippen LogP contribution is -2.35. The summed E-state index contributed by atoms with van der Waals surface area (Å²) in [5.74, 6) is 0.150. The molecule has 1 fully saturated rings. The molecule has 0 aromatic rings. The molecule has 1 N–H and O–H groups in total. The Hall–Kier alpha value is -0.770. The maximum Gasteiger partial charge on any atom is 0.410 e. The van der Waals surface area contributed by atoms with E-state index in [1.807, 2.05) is 20.8 Å². The summed E-state index contributed by atoms with van der Waals surface area (Å²) in [4.78, 5) is 13.5. The number of nitrogens with zero attached hydrogens (tertiary/aromatic N) is 1. The van der Waals surface area contributed by atoms with Crippen LogP contribution >= 0.6 is 0 Å². The molecule has 4 nitrogen and oxygen atoms in total. The number of carbonyl (C=O) groups excluding carboxylic acids is 1. The van der Waals surface area contributed by atoms with Crippen molar-refractivity contribution in [2.75, 3.05) is 13.1 Å². The van der Waals surface area contributed by atoms with E-state index in [-0.39, 0.29) is 17.4 Å². The summed E-state index contributed by atoms with van der Waals surface area (Å²) in [5, 5.41) is 10.0. The van der Waals surface area contributed by atoms with Crippen molar-refractivity contribution in [2.45, 2.75) is 59.7 Å². The molecule has 18 heavy (non-hydrogen) atoms. The molecule has 1 aliphatic rings. The summed E-state index contributed by atoms with van der Waals surface area (Å²) < 4.78 is 5.32. The molecule has 4 heteroatoms. The summed E-state index contributed by atoms with van der Waals surface area (Å²) in [6.45, 7) is 13.0. The van der Waals surface area contributed by atoms with Gasteiger partial charge in [-0.25, -0.2) is 4.79 Å². The van der Waals surface area contributed by atoms with E-state index in [1.54, 1.807) is 4.90 Å². The molecule has 2 unspecified atom stereocenters. The van der Waals surface area contributed by atoms with Gasteiger partial charge in [0.25, 0.3) is 0 Å². The van der Waals surface area contributed by atoms with E-state index >= 15 is 0 Å². The SMILES string of the molecule is CC(C)(C)CC1CN(C(=O)OC(C)(C)C)CC1O. The number of carbonyl (C=O) groups is 1. The van der Waals surface area contributed by atoms with Gasteiger partial charge in [-0.1, -0.05) is 20.8 Å². The Morgan fingerprint density at radius 1 is 1.22 bits per heavy atom. The number of aliphatic hydroxyl groups excluding tert-OH is 1. The lowest BCUT2D eigenvalue weighted by atomic mass is 9.83. The third kappa shape index (κ3) is 4.84. The van der Waals surface area contributed by atoms with Crippen molar-refractivity contribution in [1.29, 1.82) is 0 Å². The first-order chi connectivity index (χ1) is 7.98. The molecule has 1 rings (SSSR count). The summed E-state index contributed by atoms with van der Waals surface area (Å²) in [5.41, 5.74) is -0.320. The number of hydrogen-bond acceptors (Lipinski definition) is 3. The maximum absolute atomic E-state index is 11.9. The third-order valence-electron chi connectivity index (χ3n) is 2.93. The van der Waals surface area contributed by atoms with Crippen LogP contribution in [0.1, 0.15) is 48.0 Å². The molecule has 0 spiro atoms. The molecule has 1 amide bonds. The van der Waals surface area contributed by atoms with E-state index < -0.39 is 11.7 Å². The van der Waals surface area contributed by atoms with Crippen LogP contribution in [0.3, 0.4) is 0 Å². The number of likely N-dealkylation sites (tertiary alicyclic amines) is 1. The lowest BCUT2D eigenvalue weighted by molar-refractivity contribution is 0.0269. The molecule has 0 aromatic heterocycles. The fraction of sp³-hybridized carbons (Fsp3) is 0.929. The van der Waals surface area contributed by atoms with Crippen LogP contribution in [0.2, 0.25) is 0 Å². The summed E-state index contributed by atoms with van der Waals surface area (Å²) in [6, 6.07) is 0. The van der Waals surface area contributed by atoms with Crippen molar-refractivity contribution < 1.29 is 14.6 Å². The van der Waals surface area contributed by atoms with Crippen LogP contribution in [0.5, 0.6) is 0 Å². The highest BCUT2D eigenvalue weighted by molar-refractivity contribution is 5.68. The standard InChI is InChI=1S/C14H27NO3/c1-13(2,3)7-10-8-15(9-11(10)16)12(17)18-14(4,5)6/h10-11,16H,7-9H2,1-6H3. The molecule has 1 heterocycles. The van der Waals surface area contributed by atoms with E-state index in [2.05, 4.69) is 20.8 Å². The zero-order valence-electron chi connectivity index (χ0n) is 12.5. The Labute approximate surface area is 110 Å². The van der Waals surface area contributed by atoms with Gasteiger partial charge in [0.2, 0.25) is 0 Å². The Morgan fingerprint density at radius 2 is 1.78 bits per heavy atom. The average Bonchev–Trinajstić information content (AvgIpc) is 2.42. The van der Waals surface area contributed by atoms with Gasteiger partial charge < -0.3 is 14.7 Å². The topological polar surface area (TPSA) is 49.8 Å². The fourth-order valence-electron chi connectivity index (χ4n) is 2.32. The summed E-state index contributed by atoms with van der Waals surface area (Å²) in [6.07, 6.45) is 0.155. The Kier molecular flexibility index (Phi) is 4.31. The fourth-order valence-corrected chi connectivity index (χ4v) is 2.32. The van der Waals surface area contributed by atoms with E-state index in [0.29, 0.717) is 13.1 Å². The number of β-amino-alcohol motifs (C(OH)–C–C–N with tert-alkyl or cyclic N) is 1. The number of rotatable bonds is 1. The van der Waals surface area contributed by atoms with Gasteiger partial charge in [0.05, 0.1) is 12.6 Å². The first-order valence-corrected chi connectivity index (χ1v) is 6.64. The third-order valence-corrected chi connectivity index (χ3v) is 2.93. The van der Waals surface area contributed by atoms with Gasteiger partial charge in [-0.2, -0.15) is 0 Å². The van der Waals surface area contributed by atoms with E-state index in [4.69, 9.17) is 4.74 Å². The van der Waals surface area contributed by atoms with Crippen LogP contribution in [0, 0.1) is 11.3 Å². The number of aliphatic hydroxyl groups is 1. The highest BCUT2D eigenvalue weighted by atomic mass is 16.6. The molecule has 0 saturated carbocycles. The van der Waals surface area contributed by atoms with Crippen molar-refractivity contribution in [1.82, 2.24) is 4.90 Å². The first-order valence-electron chi connectivity index (χ1n) is 6.64. The molecular weight excluding hydrogens is 230 g/mol. The van der Waals surface area contributed by atoms with E-state index in [1.165, 1.54) is 0 Å². The zero-order valence-corrected chi connectivity index (χ0v) is 12.5. The van der Waals surface area contributed by atoms with E-state index in [0.717, 1.165) is 6.42 Å². The number of ether oxygens (including phenoxy) is 1. The second-order valence-corrected chi connectivity index (χ2v) is 7.48. The largest absolute Gasteiger partial charge is 0.444 e. The maximum atomic E-state index is 11.9. The minimum atomic E-state index is -0.482. The van der Waals surface area contributed by atoms with Crippen LogP contribution in [0.25, 0.3) is 0 Å². The monoisotopic (exact) mass is 257 g/mol. The smallest absolute Gasteiger partial charge is 0.410 e. The van der Waals surface area contributed by atoms with Gasteiger partial charge in [-0.15, -0.1) is 0 Å². The molecule has 1 saturated heterocycles. The second kappa shape index (κ2) is 5.08. The van der Waals surface area contributed by atoms with Crippen LogP contribution in [-0.4, -0.2) is 40.9 Å². The number of hydrogen-bond donors (Lipinski definition) is 1.